The zero-order valence-electron chi connectivity index (χ0n) is 18.4. The van der Waals surface area contributed by atoms with Crippen molar-refractivity contribution in [1.82, 2.24) is 15.5 Å². The van der Waals surface area contributed by atoms with Gasteiger partial charge in [-0.3, -0.25) is 10.1 Å². The molecule has 1 aromatic heterocycles. The Bertz CT molecular complexity index is 1120. The van der Waals surface area contributed by atoms with Crippen LogP contribution in [0.3, 0.4) is 0 Å². The quantitative estimate of drug-likeness (QED) is 0.372. The molecule has 32 heavy (non-hydrogen) atoms. The lowest BCUT2D eigenvalue weighted by atomic mass is 9.98. The number of halogens is 1. The van der Waals surface area contributed by atoms with Gasteiger partial charge in [-0.05, 0) is 55.2 Å². The summed E-state index contributed by atoms with van der Waals surface area (Å²) in [5.41, 5.74) is 3.81. The van der Waals surface area contributed by atoms with Crippen molar-refractivity contribution in [3.63, 3.8) is 0 Å². The average molecular weight is 516 g/mol. The predicted octanol–water partition coefficient (Wildman–Crippen LogP) is 5.76. The van der Waals surface area contributed by atoms with Gasteiger partial charge in [0, 0.05) is 15.7 Å². The third kappa shape index (κ3) is 6.14. The molecule has 0 aliphatic carbocycles. The number of carbonyl (C=O) groups excluding carboxylic acids is 2. The summed E-state index contributed by atoms with van der Waals surface area (Å²) < 4.78 is 0.937. The molecule has 2 atom stereocenters. The first-order valence-electron chi connectivity index (χ1n) is 10.3. The number of aromatic nitrogens is 2. The van der Waals surface area contributed by atoms with E-state index >= 15 is 0 Å². The van der Waals surface area contributed by atoms with Crippen molar-refractivity contribution < 1.29 is 9.59 Å². The number of carbonyl (C=O) groups is 2. The fraction of sp³-hybridized carbons (Fsp3) is 0.304. The molecule has 3 N–H and O–H groups in total. The number of amides is 3. The van der Waals surface area contributed by atoms with Crippen LogP contribution in [-0.2, 0) is 4.79 Å². The van der Waals surface area contributed by atoms with E-state index in [2.05, 4.69) is 42.1 Å². The highest BCUT2D eigenvalue weighted by Crippen LogP contribution is 2.28. The minimum Gasteiger partial charge on any atom is -0.326 e. The maximum atomic E-state index is 13.0. The summed E-state index contributed by atoms with van der Waals surface area (Å²) in [6.07, 6.45) is 0.724. The van der Waals surface area contributed by atoms with Gasteiger partial charge in [-0.15, -0.1) is 10.2 Å². The van der Waals surface area contributed by atoms with Crippen LogP contribution in [0.4, 0.5) is 15.6 Å². The van der Waals surface area contributed by atoms with Crippen LogP contribution < -0.4 is 16.0 Å². The third-order valence-corrected chi connectivity index (χ3v) is 6.65. The van der Waals surface area contributed by atoms with Crippen molar-refractivity contribution in [2.75, 3.05) is 10.6 Å². The SMILES string of the molecule is CCC(C)C(NC(=O)Nc1ccc(C)c(C)c1)C(=O)Nc1nnc(-c2cccc(Br)c2)s1. The minimum absolute atomic E-state index is 0.0713. The van der Waals surface area contributed by atoms with Crippen LogP contribution in [0, 0.1) is 19.8 Å². The molecule has 3 aromatic rings. The Hall–Kier alpha value is -2.78. The van der Waals surface area contributed by atoms with Gasteiger partial charge in [0.2, 0.25) is 11.0 Å². The van der Waals surface area contributed by atoms with Crippen molar-refractivity contribution in [2.45, 2.75) is 40.2 Å². The molecule has 168 valence electrons. The number of benzene rings is 2. The van der Waals surface area contributed by atoms with Crippen LogP contribution in [0.1, 0.15) is 31.4 Å². The number of urea groups is 1. The fourth-order valence-electron chi connectivity index (χ4n) is 3.02. The molecule has 0 saturated heterocycles. The summed E-state index contributed by atoms with van der Waals surface area (Å²) in [5.74, 6) is -0.399. The summed E-state index contributed by atoms with van der Waals surface area (Å²) in [5, 5.41) is 17.8. The van der Waals surface area contributed by atoms with Gasteiger partial charge in [0.25, 0.3) is 0 Å². The molecule has 0 fully saturated rings. The summed E-state index contributed by atoms with van der Waals surface area (Å²) >= 11 is 4.72. The lowest BCUT2D eigenvalue weighted by Gasteiger charge is -2.23. The summed E-state index contributed by atoms with van der Waals surface area (Å²) in [7, 11) is 0. The molecule has 0 spiro atoms. The molecule has 0 aliphatic heterocycles. The van der Waals surface area contributed by atoms with E-state index in [1.54, 1.807) is 0 Å². The van der Waals surface area contributed by atoms with Crippen molar-refractivity contribution >= 4 is 50.0 Å². The molecule has 0 bridgehead atoms. The Labute approximate surface area is 200 Å². The standard InChI is InChI=1S/C23H26BrN5O2S/c1-5-13(2)19(26-22(31)25-18-10-9-14(3)15(4)11-18)20(30)27-23-29-28-21(32-23)16-7-6-8-17(24)12-16/h6-13,19H,5H2,1-4H3,(H2,25,26,31)(H,27,29,30). The molecule has 0 saturated carbocycles. The van der Waals surface area contributed by atoms with Crippen molar-refractivity contribution in [1.29, 1.82) is 0 Å². The second kappa shape index (κ2) is 10.7. The molecule has 3 rings (SSSR count). The van der Waals surface area contributed by atoms with E-state index in [1.165, 1.54) is 11.3 Å². The summed E-state index contributed by atoms with van der Waals surface area (Å²) in [6, 6.07) is 12.2. The maximum absolute atomic E-state index is 13.0. The Morgan fingerprint density at radius 1 is 1.06 bits per heavy atom. The first-order chi connectivity index (χ1) is 15.3. The lowest BCUT2D eigenvalue weighted by molar-refractivity contribution is -0.119. The Balaban J connectivity index is 1.68. The molecule has 7 nitrogen and oxygen atoms in total. The lowest BCUT2D eigenvalue weighted by Crippen LogP contribution is -2.49. The minimum atomic E-state index is -0.718. The van der Waals surface area contributed by atoms with E-state index < -0.39 is 12.1 Å². The fourth-order valence-corrected chi connectivity index (χ4v) is 4.17. The number of hydrogen-bond donors (Lipinski definition) is 3. The Morgan fingerprint density at radius 2 is 1.84 bits per heavy atom. The van der Waals surface area contributed by atoms with E-state index in [1.807, 2.05) is 70.2 Å². The number of anilines is 2. The highest BCUT2D eigenvalue weighted by atomic mass is 79.9. The normalized spacial score (nSPS) is 12.7. The van der Waals surface area contributed by atoms with Crippen LogP contribution in [-0.4, -0.2) is 28.2 Å². The zero-order valence-corrected chi connectivity index (χ0v) is 20.8. The van der Waals surface area contributed by atoms with Gasteiger partial charge in [-0.25, -0.2) is 4.79 Å². The van der Waals surface area contributed by atoms with Crippen LogP contribution in [0.25, 0.3) is 10.6 Å². The third-order valence-electron chi connectivity index (χ3n) is 5.27. The summed E-state index contributed by atoms with van der Waals surface area (Å²) in [4.78, 5) is 25.6. The van der Waals surface area contributed by atoms with Crippen molar-refractivity contribution in [2.24, 2.45) is 5.92 Å². The molecular formula is C23H26BrN5O2S. The van der Waals surface area contributed by atoms with Gasteiger partial charge < -0.3 is 10.6 Å². The van der Waals surface area contributed by atoms with E-state index in [0.717, 1.165) is 27.6 Å². The molecule has 9 heteroatoms. The molecule has 0 aliphatic rings. The van der Waals surface area contributed by atoms with Crippen molar-refractivity contribution in [3.05, 3.63) is 58.1 Å². The van der Waals surface area contributed by atoms with E-state index in [-0.39, 0.29) is 11.8 Å². The van der Waals surface area contributed by atoms with Crippen LogP contribution in [0.5, 0.6) is 0 Å². The smallest absolute Gasteiger partial charge is 0.319 e. The van der Waals surface area contributed by atoms with E-state index in [4.69, 9.17) is 0 Å². The Morgan fingerprint density at radius 3 is 2.53 bits per heavy atom. The van der Waals surface area contributed by atoms with Crippen LogP contribution in [0.15, 0.2) is 46.9 Å². The first kappa shape index (κ1) is 23.9. The number of nitrogens with one attached hydrogen (secondary N) is 3. The van der Waals surface area contributed by atoms with Gasteiger partial charge in [0.05, 0.1) is 0 Å². The second-order valence-corrected chi connectivity index (χ2v) is 9.57. The molecule has 1 heterocycles. The Kier molecular flexibility index (Phi) is 7.98. The number of aryl methyl sites for hydroxylation is 2. The zero-order chi connectivity index (χ0) is 23.3. The topological polar surface area (TPSA) is 96.0 Å². The molecule has 0 radical (unpaired) electrons. The molecule has 2 aromatic carbocycles. The second-order valence-electron chi connectivity index (χ2n) is 7.67. The predicted molar refractivity (Wildman–Crippen MR) is 133 cm³/mol. The molecular weight excluding hydrogens is 490 g/mol. The van der Waals surface area contributed by atoms with Crippen molar-refractivity contribution in [3.8, 4) is 10.6 Å². The highest BCUT2D eigenvalue weighted by Gasteiger charge is 2.27. The average Bonchev–Trinajstić information content (AvgIpc) is 3.22. The van der Waals surface area contributed by atoms with Gasteiger partial charge in [-0.1, -0.05) is 65.7 Å². The summed E-state index contributed by atoms with van der Waals surface area (Å²) in [6.45, 7) is 7.90. The molecule has 2 unspecified atom stereocenters. The van der Waals surface area contributed by atoms with Gasteiger partial charge in [0.15, 0.2) is 0 Å². The van der Waals surface area contributed by atoms with Gasteiger partial charge >= 0.3 is 6.03 Å². The largest absolute Gasteiger partial charge is 0.326 e. The van der Waals surface area contributed by atoms with E-state index in [0.29, 0.717) is 15.8 Å². The van der Waals surface area contributed by atoms with Gasteiger partial charge in [-0.2, -0.15) is 0 Å². The number of rotatable bonds is 7. The monoisotopic (exact) mass is 515 g/mol. The maximum Gasteiger partial charge on any atom is 0.319 e. The van der Waals surface area contributed by atoms with Gasteiger partial charge in [0.1, 0.15) is 11.0 Å². The number of nitrogens with zero attached hydrogens (tertiary/aromatic N) is 2. The highest BCUT2D eigenvalue weighted by molar-refractivity contribution is 9.10. The number of hydrogen-bond acceptors (Lipinski definition) is 5. The van der Waals surface area contributed by atoms with Crippen LogP contribution >= 0.6 is 27.3 Å². The van der Waals surface area contributed by atoms with E-state index in [9.17, 15) is 9.59 Å². The molecule has 3 amide bonds. The first-order valence-corrected chi connectivity index (χ1v) is 11.9. The van der Waals surface area contributed by atoms with Crippen LogP contribution in [0.2, 0.25) is 0 Å².